The smallest absolute Gasteiger partial charge is 0.306 e. The summed E-state index contributed by atoms with van der Waals surface area (Å²) in [6, 6.07) is 15.3. The van der Waals surface area contributed by atoms with Crippen LogP contribution in [0.4, 0.5) is 0 Å². The van der Waals surface area contributed by atoms with Gasteiger partial charge in [-0.25, -0.2) is 0 Å². The van der Waals surface area contributed by atoms with Crippen LogP contribution in [0.15, 0.2) is 48.5 Å². The second-order valence-corrected chi connectivity index (χ2v) is 6.41. The second-order valence-electron chi connectivity index (χ2n) is 6.41. The summed E-state index contributed by atoms with van der Waals surface area (Å²) in [6.45, 7) is 3.48. The number of nitrogens with zero attached hydrogens (tertiary/aromatic N) is 1. The van der Waals surface area contributed by atoms with Crippen LogP contribution >= 0.6 is 0 Å². The normalized spacial score (nSPS) is 14.9. The van der Waals surface area contributed by atoms with Crippen molar-refractivity contribution in [2.24, 2.45) is 5.92 Å². The summed E-state index contributed by atoms with van der Waals surface area (Å²) in [4.78, 5) is 25.6. The molecule has 1 aliphatic rings. The molecule has 136 valence electrons. The van der Waals surface area contributed by atoms with Crippen LogP contribution in [0, 0.1) is 5.92 Å². The maximum absolute atomic E-state index is 12.8. The molecule has 0 aromatic heterocycles. The number of benzene rings is 2. The zero-order chi connectivity index (χ0) is 18.5. The van der Waals surface area contributed by atoms with Crippen molar-refractivity contribution in [2.75, 3.05) is 19.7 Å². The summed E-state index contributed by atoms with van der Waals surface area (Å²) >= 11 is 0. The third-order valence-electron chi connectivity index (χ3n) is 4.74. The fourth-order valence-electron chi connectivity index (χ4n) is 3.32. The Morgan fingerprint density at radius 3 is 2.54 bits per heavy atom. The number of carbonyl (C=O) groups is 2. The molecule has 3 rings (SSSR count). The molecule has 1 saturated heterocycles. The van der Waals surface area contributed by atoms with E-state index in [-0.39, 0.29) is 11.8 Å². The van der Waals surface area contributed by atoms with Gasteiger partial charge in [-0.15, -0.1) is 0 Å². The Morgan fingerprint density at radius 2 is 1.85 bits per heavy atom. The molecule has 2 aromatic rings. The number of aliphatic carboxylic acids is 1. The summed E-state index contributed by atoms with van der Waals surface area (Å²) < 4.78 is 5.69. The Hall–Kier alpha value is -2.82. The first-order valence-corrected chi connectivity index (χ1v) is 8.94. The van der Waals surface area contributed by atoms with Crippen LogP contribution in [0.5, 0.6) is 5.75 Å². The molecule has 1 aliphatic heterocycles. The van der Waals surface area contributed by atoms with Crippen LogP contribution in [0.2, 0.25) is 0 Å². The molecule has 0 atom stereocenters. The van der Waals surface area contributed by atoms with Crippen molar-refractivity contribution in [3.05, 3.63) is 54.1 Å². The molecule has 2 aromatic carbocycles. The van der Waals surface area contributed by atoms with Crippen LogP contribution in [0.1, 0.15) is 30.1 Å². The molecule has 1 heterocycles. The van der Waals surface area contributed by atoms with Crippen LogP contribution in [-0.4, -0.2) is 41.6 Å². The number of ether oxygens (including phenoxy) is 1. The van der Waals surface area contributed by atoms with Crippen molar-refractivity contribution >= 4 is 11.9 Å². The standard InChI is InChI=1S/C21H23NO4/c1-2-26-19-9-4-3-8-18(19)16-6-5-7-17(14-16)20(23)22-12-10-15(11-13-22)21(24)25/h3-9,14-15H,2,10-13H2,1H3,(H,24,25). The predicted octanol–water partition coefficient (Wildman–Crippen LogP) is 3.69. The minimum Gasteiger partial charge on any atom is -0.493 e. The zero-order valence-electron chi connectivity index (χ0n) is 14.9. The largest absolute Gasteiger partial charge is 0.493 e. The molecule has 0 bridgehead atoms. The lowest BCUT2D eigenvalue weighted by Crippen LogP contribution is -2.40. The van der Waals surface area contributed by atoms with Gasteiger partial charge in [-0.05, 0) is 43.5 Å². The molecule has 0 spiro atoms. The fourth-order valence-corrected chi connectivity index (χ4v) is 3.32. The Morgan fingerprint density at radius 1 is 1.12 bits per heavy atom. The molecule has 5 heteroatoms. The number of amides is 1. The predicted molar refractivity (Wildman–Crippen MR) is 99.3 cm³/mol. The van der Waals surface area contributed by atoms with Crippen molar-refractivity contribution in [1.29, 1.82) is 0 Å². The second kappa shape index (κ2) is 8.04. The van der Waals surface area contributed by atoms with Gasteiger partial charge < -0.3 is 14.7 Å². The van der Waals surface area contributed by atoms with Gasteiger partial charge in [0.2, 0.25) is 0 Å². The van der Waals surface area contributed by atoms with Gasteiger partial charge in [0.05, 0.1) is 12.5 Å². The first-order valence-electron chi connectivity index (χ1n) is 8.94. The van der Waals surface area contributed by atoms with Crippen molar-refractivity contribution in [1.82, 2.24) is 4.90 Å². The topological polar surface area (TPSA) is 66.8 Å². The van der Waals surface area contributed by atoms with Crippen LogP contribution in [0.3, 0.4) is 0 Å². The molecule has 0 saturated carbocycles. The van der Waals surface area contributed by atoms with Gasteiger partial charge in [0.1, 0.15) is 5.75 Å². The quantitative estimate of drug-likeness (QED) is 0.890. The minimum atomic E-state index is -0.772. The van der Waals surface area contributed by atoms with E-state index in [4.69, 9.17) is 9.84 Å². The number of carbonyl (C=O) groups excluding carboxylic acids is 1. The maximum atomic E-state index is 12.8. The zero-order valence-corrected chi connectivity index (χ0v) is 14.9. The van der Waals surface area contributed by atoms with E-state index in [1.54, 1.807) is 11.0 Å². The molecule has 0 aliphatic carbocycles. The average molecular weight is 353 g/mol. The van der Waals surface area contributed by atoms with E-state index in [1.165, 1.54) is 0 Å². The molecule has 0 unspecified atom stereocenters. The van der Waals surface area contributed by atoms with Crippen molar-refractivity contribution in [2.45, 2.75) is 19.8 Å². The average Bonchev–Trinajstić information content (AvgIpc) is 2.68. The van der Waals surface area contributed by atoms with Crippen LogP contribution in [0.25, 0.3) is 11.1 Å². The van der Waals surface area contributed by atoms with E-state index in [2.05, 4.69) is 0 Å². The van der Waals surface area contributed by atoms with Gasteiger partial charge in [0.15, 0.2) is 0 Å². The third-order valence-corrected chi connectivity index (χ3v) is 4.74. The van der Waals surface area contributed by atoms with Gasteiger partial charge in [0, 0.05) is 24.2 Å². The SMILES string of the molecule is CCOc1ccccc1-c1cccc(C(=O)N2CCC(C(=O)O)CC2)c1. The number of carboxylic acids is 1. The fraction of sp³-hybridized carbons (Fsp3) is 0.333. The van der Waals surface area contributed by atoms with E-state index in [9.17, 15) is 9.59 Å². The summed E-state index contributed by atoms with van der Waals surface area (Å²) in [5, 5.41) is 9.10. The Bertz CT molecular complexity index is 794. The summed E-state index contributed by atoms with van der Waals surface area (Å²) in [6.07, 6.45) is 1.02. The molecular formula is C21H23NO4. The van der Waals surface area contributed by atoms with E-state index in [0.29, 0.717) is 38.1 Å². The first-order chi connectivity index (χ1) is 12.6. The third kappa shape index (κ3) is 3.87. The number of rotatable bonds is 5. The monoisotopic (exact) mass is 353 g/mol. The lowest BCUT2D eigenvalue weighted by atomic mass is 9.96. The van der Waals surface area contributed by atoms with E-state index >= 15 is 0 Å². The summed E-state index contributed by atoms with van der Waals surface area (Å²) in [5.74, 6) is -0.374. The summed E-state index contributed by atoms with van der Waals surface area (Å²) in [5.41, 5.74) is 2.50. The number of para-hydroxylation sites is 1. The maximum Gasteiger partial charge on any atom is 0.306 e. The number of carboxylic acid groups (broad SMARTS) is 1. The van der Waals surface area contributed by atoms with E-state index < -0.39 is 5.97 Å². The van der Waals surface area contributed by atoms with Crippen molar-refractivity contribution in [3.8, 4) is 16.9 Å². The van der Waals surface area contributed by atoms with Crippen LogP contribution in [-0.2, 0) is 4.79 Å². The summed E-state index contributed by atoms with van der Waals surface area (Å²) in [7, 11) is 0. The number of piperidine rings is 1. The highest BCUT2D eigenvalue weighted by atomic mass is 16.5. The molecule has 5 nitrogen and oxygen atoms in total. The van der Waals surface area contributed by atoms with Crippen LogP contribution < -0.4 is 4.74 Å². The first kappa shape index (κ1) is 18.0. The molecule has 1 fully saturated rings. The molecular weight excluding hydrogens is 330 g/mol. The lowest BCUT2D eigenvalue weighted by Gasteiger charge is -2.30. The highest BCUT2D eigenvalue weighted by Crippen LogP contribution is 2.30. The van der Waals surface area contributed by atoms with Gasteiger partial charge in [-0.1, -0.05) is 30.3 Å². The van der Waals surface area contributed by atoms with Gasteiger partial charge in [-0.2, -0.15) is 0 Å². The Labute approximate surface area is 153 Å². The molecule has 26 heavy (non-hydrogen) atoms. The van der Waals surface area contributed by atoms with Gasteiger partial charge >= 0.3 is 5.97 Å². The number of likely N-dealkylation sites (tertiary alicyclic amines) is 1. The lowest BCUT2D eigenvalue weighted by molar-refractivity contribution is -0.143. The van der Waals surface area contributed by atoms with Crippen molar-refractivity contribution in [3.63, 3.8) is 0 Å². The number of hydrogen-bond donors (Lipinski definition) is 1. The number of hydrogen-bond acceptors (Lipinski definition) is 3. The van der Waals surface area contributed by atoms with Gasteiger partial charge in [0.25, 0.3) is 5.91 Å². The van der Waals surface area contributed by atoms with Gasteiger partial charge in [-0.3, -0.25) is 9.59 Å². The van der Waals surface area contributed by atoms with E-state index in [0.717, 1.165) is 16.9 Å². The highest BCUT2D eigenvalue weighted by molar-refractivity contribution is 5.95. The Kier molecular flexibility index (Phi) is 5.56. The highest BCUT2D eigenvalue weighted by Gasteiger charge is 2.27. The molecule has 1 amide bonds. The van der Waals surface area contributed by atoms with E-state index in [1.807, 2.05) is 49.4 Å². The minimum absolute atomic E-state index is 0.0513. The van der Waals surface area contributed by atoms with Crippen molar-refractivity contribution < 1.29 is 19.4 Å². The molecule has 0 radical (unpaired) electrons. The Balaban J connectivity index is 1.80. The molecule has 1 N–H and O–H groups in total.